The van der Waals surface area contributed by atoms with E-state index in [-0.39, 0.29) is 11.8 Å². The number of aliphatic hydroxyl groups excluding tert-OH is 1. The van der Waals surface area contributed by atoms with E-state index in [0.29, 0.717) is 6.42 Å². The molecule has 0 fully saturated rings. The molecule has 0 rings (SSSR count). The molecule has 0 aromatic rings. The van der Waals surface area contributed by atoms with Crippen LogP contribution in [0.15, 0.2) is 0 Å². The summed E-state index contributed by atoms with van der Waals surface area (Å²) in [5, 5.41) is 25.4. The zero-order valence-corrected chi connectivity index (χ0v) is 17.7. The summed E-state index contributed by atoms with van der Waals surface area (Å²) in [6.07, 6.45) is -0.142. The first-order valence-electron chi connectivity index (χ1n) is 9.64. The van der Waals surface area contributed by atoms with Crippen LogP contribution in [0.3, 0.4) is 0 Å². The van der Waals surface area contributed by atoms with E-state index in [1.54, 1.807) is 27.7 Å². The molecule has 0 aromatic heterocycles. The fraction of sp³-hybridized carbons (Fsp3) is 0.722. The molecule has 172 valence electrons. The van der Waals surface area contributed by atoms with Gasteiger partial charge in [-0.05, 0) is 11.8 Å². The minimum absolute atomic E-state index is 0.167. The number of nitrogens with one attached hydrogen (secondary N) is 3. The zero-order valence-electron chi connectivity index (χ0n) is 17.7. The van der Waals surface area contributed by atoms with E-state index in [0.717, 1.165) is 0 Å². The predicted molar refractivity (Wildman–Crippen MR) is 107 cm³/mol. The molecule has 12 heteroatoms. The second-order valence-electron chi connectivity index (χ2n) is 7.46. The molecule has 30 heavy (non-hydrogen) atoms. The highest BCUT2D eigenvalue weighted by atomic mass is 16.4. The summed E-state index contributed by atoms with van der Waals surface area (Å²) >= 11 is 0. The lowest BCUT2D eigenvalue weighted by atomic mass is 9.96. The maximum atomic E-state index is 12.7. The van der Waals surface area contributed by atoms with Crippen LogP contribution in [0.1, 0.15) is 40.5 Å². The van der Waals surface area contributed by atoms with Crippen molar-refractivity contribution >= 4 is 29.6 Å². The van der Waals surface area contributed by atoms with Crippen LogP contribution < -0.4 is 27.4 Å². The summed E-state index contributed by atoms with van der Waals surface area (Å²) in [6.45, 7) is 6.18. The molecule has 0 saturated heterocycles. The number of carbonyl (C=O) groups is 5. The summed E-state index contributed by atoms with van der Waals surface area (Å²) in [6, 6.07) is -4.99. The van der Waals surface area contributed by atoms with Gasteiger partial charge in [0.2, 0.25) is 23.6 Å². The summed E-state index contributed by atoms with van der Waals surface area (Å²) in [5.74, 6) is -5.25. The number of hydrogen-bond acceptors (Lipinski definition) is 7. The Morgan fingerprint density at radius 1 is 0.900 bits per heavy atom. The van der Waals surface area contributed by atoms with E-state index >= 15 is 0 Å². The third-order valence-electron chi connectivity index (χ3n) is 4.65. The minimum atomic E-state index is -1.62. The van der Waals surface area contributed by atoms with Crippen molar-refractivity contribution in [2.24, 2.45) is 23.3 Å². The molecule has 0 heterocycles. The highest BCUT2D eigenvalue weighted by Crippen LogP contribution is 2.10. The van der Waals surface area contributed by atoms with Gasteiger partial charge in [0.25, 0.3) is 0 Å². The van der Waals surface area contributed by atoms with Crippen molar-refractivity contribution in [2.45, 2.75) is 64.7 Å². The molecule has 0 radical (unpaired) electrons. The Bertz CT molecular complexity index is 640. The summed E-state index contributed by atoms with van der Waals surface area (Å²) < 4.78 is 0. The van der Waals surface area contributed by atoms with E-state index in [1.165, 1.54) is 0 Å². The number of nitrogens with two attached hydrogens (primary N) is 2. The van der Waals surface area contributed by atoms with Gasteiger partial charge in [-0.25, -0.2) is 4.79 Å². The van der Waals surface area contributed by atoms with Crippen molar-refractivity contribution in [3.05, 3.63) is 0 Å². The standard InChI is InChI=1S/C18H33N5O7/c1-5-9(4)14(23-16(27)13(20)8(2)3)17(28)22-11(7-24)15(26)21-10(18(29)30)6-12(19)25/h8-11,13-14,24H,5-7,20H2,1-4H3,(H2,19,25)(H,21,26)(H,22,28)(H,23,27)(H,29,30). The van der Waals surface area contributed by atoms with Crippen molar-refractivity contribution in [3.8, 4) is 0 Å². The first-order valence-corrected chi connectivity index (χ1v) is 9.64. The Balaban J connectivity index is 5.32. The van der Waals surface area contributed by atoms with Gasteiger partial charge < -0.3 is 37.6 Å². The van der Waals surface area contributed by atoms with Crippen LogP contribution in [0.4, 0.5) is 0 Å². The third kappa shape index (κ3) is 8.74. The SMILES string of the molecule is CCC(C)C(NC(=O)C(N)C(C)C)C(=O)NC(CO)C(=O)NC(CC(N)=O)C(=O)O. The van der Waals surface area contributed by atoms with Gasteiger partial charge in [-0.1, -0.05) is 34.1 Å². The number of aliphatic carboxylic acids is 1. The van der Waals surface area contributed by atoms with Crippen molar-refractivity contribution in [3.63, 3.8) is 0 Å². The highest BCUT2D eigenvalue weighted by molar-refractivity contribution is 5.95. The summed E-state index contributed by atoms with van der Waals surface area (Å²) in [4.78, 5) is 59.4. The normalized spacial score (nSPS) is 16.0. The molecule has 5 atom stereocenters. The van der Waals surface area contributed by atoms with Crippen molar-refractivity contribution in [1.82, 2.24) is 16.0 Å². The molecule has 0 aliphatic heterocycles. The number of aliphatic hydroxyl groups is 1. The van der Waals surface area contributed by atoms with E-state index in [2.05, 4.69) is 10.6 Å². The lowest BCUT2D eigenvalue weighted by Gasteiger charge is -2.28. The maximum Gasteiger partial charge on any atom is 0.326 e. The van der Waals surface area contributed by atoms with Crippen LogP contribution in [0.5, 0.6) is 0 Å². The first kappa shape index (κ1) is 27.3. The largest absolute Gasteiger partial charge is 0.480 e. The van der Waals surface area contributed by atoms with Gasteiger partial charge in [0.15, 0.2) is 0 Å². The topological polar surface area (TPSA) is 214 Å². The van der Waals surface area contributed by atoms with Gasteiger partial charge in [0, 0.05) is 0 Å². The van der Waals surface area contributed by atoms with Crippen molar-refractivity contribution in [1.29, 1.82) is 0 Å². The molecule has 0 bridgehead atoms. The number of rotatable bonds is 13. The van der Waals surface area contributed by atoms with Gasteiger partial charge in [-0.3, -0.25) is 19.2 Å². The molecule has 4 amide bonds. The average Bonchev–Trinajstić information content (AvgIpc) is 2.67. The van der Waals surface area contributed by atoms with Gasteiger partial charge in [0.1, 0.15) is 18.1 Å². The Hall–Kier alpha value is -2.73. The van der Waals surface area contributed by atoms with Crippen LogP contribution in [0.25, 0.3) is 0 Å². The van der Waals surface area contributed by atoms with E-state index in [1.807, 2.05) is 5.32 Å². The first-order chi connectivity index (χ1) is 13.8. The Labute approximate surface area is 175 Å². The lowest BCUT2D eigenvalue weighted by molar-refractivity contribution is -0.144. The van der Waals surface area contributed by atoms with E-state index < -0.39 is 66.8 Å². The molecule has 9 N–H and O–H groups in total. The van der Waals surface area contributed by atoms with E-state index in [4.69, 9.17) is 16.6 Å². The molecule has 0 aromatic carbocycles. The second-order valence-corrected chi connectivity index (χ2v) is 7.46. The second kappa shape index (κ2) is 12.8. The maximum absolute atomic E-state index is 12.7. The van der Waals surface area contributed by atoms with Crippen LogP contribution in [-0.2, 0) is 24.0 Å². The van der Waals surface area contributed by atoms with Crippen LogP contribution in [0, 0.1) is 11.8 Å². The van der Waals surface area contributed by atoms with Crippen molar-refractivity contribution in [2.75, 3.05) is 6.61 Å². The molecule has 0 aliphatic rings. The van der Waals surface area contributed by atoms with Crippen LogP contribution >= 0.6 is 0 Å². The number of carboxylic acid groups (broad SMARTS) is 1. The molecular weight excluding hydrogens is 398 g/mol. The summed E-state index contributed by atoms with van der Waals surface area (Å²) in [5.41, 5.74) is 10.8. The summed E-state index contributed by atoms with van der Waals surface area (Å²) in [7, 11) is 0. The monoisotopic (exact) mass is 431 g/mol. The number of amides is 4. The molecule has 12 nitrogen and oxygen atoms in total. The van der Waals surface area contributed by atoms with Gasteiger partial charge in [-0.15, -0.1) is 0 Å². The van der Waals surface area contributed by atoms with Gasteiger partial charge in [-0.2, -0.15) is 0 Å². The smallest absolute Gasteiger partial charge is 0.326 e. The van der Waals surface area contributed by atoms with Crippen LogP contribution in [-0.4, -0.2) is 70.6 Å². The number of carboxylic acids is 1. The quantitative estimate of drug-likeness (QED) is 0.164. The Morgan fingerprint density at radius 3 is 1.83 bits per heavy atom. The lowest BCUT2D eigenvalue weighted by Crippen LogP contribution is -2.60. The zero-order chi connectivity index (χ0) is 23.6. The Kier molecular flexibility index (Phi) is 11.6. The molecular formula is C18H33N5O7. The molecule has 0 aliphatic carbocycles. The molecule has 5 unspecified atom stereocenters. The molecule has 0 spiro atoms. The predicted octanol–water partition coefficient (Wildman–Crippen LogP) is -2.58. The van der Waals surface area contributed by atoms with E-state index in [9.17, 15) is 29.1 Å². The number of hydrogen-bond donors (Lipinski definition) is 7. The van der Waals surface area contributed by atoms with Crippen molar-refractivity contribution < 1.29 is 34.2 Å². The number of primary amides is 1. The highest BCUT2D eigenvalue weighted by Gasteiger charge is 2.32. The van der Waals surface area contributed by atoms with Gasteiger partial charge >= 0.3 is 5.97 Å². The number of carbonyl (C=O) groups excluding carboxylic acids is 4. The average molecular weight is 431 g/mol. The fourth-order valence-corrected chi connectivity index (χ4v) is 2.38. The molecule has 0 saturated carbocycles. The minimum Gasteiger partial charge on any atom is -0.480 e. The van der Waals surface area contributed by atoms with Crippen LogP contribution in [0.2, 0.25) is 0 Å². The fourth-order valence-electron chi connectivity index (χ4n) is 2.38. The third-order valence-corrected chi connectivity index (χ3v) is 4.65. The van der Waals surface area contributed by atoms with Gasteiger partial charge in [0.05, 0.1) is 19.1 Å². The Morgan fingerprint density at radius 2 is 1.43 bits per heavy atom.